The van der Waals surface area contributed by atoms with Gasteiger partial charge >= 0.3 is 0 Å². The lowest BCUT2D eigenvalue weighted by Gasteiger charge is -2.12. The Hall–Kier alpha value is -2.74. The quantitative estimate of drug-likeness (QED) is 0.676. The fourth-order valence-corrected chi connectivity index (χ4v) is 3.21. The lowest BCUT2D eigenvalue weighted by molar-refractivity contribution is -0.115. The Balaban J connectivity index is 1.73. The summed E-state index contributed by atoms with van der Waals surface area (Å²) in [5.74, 6) is -0.607. The molecule has 140 valence electrons. The molecule has 6 nitrogen and oxygen atoms in total. The number of carbonyl (C=O) groups excluding carboxylic acids is 1. The van der Waals surface area contributed by atoms with Gasteiger partial charge in [-0.2, -0.15) is 4.68 Å². The van der Waals surface area contributed by atoms with Crippen LogP contribution in [0.4, 0.5) is 10.1 Å². The molecule has 0 spiro atoms. The Kier molecular flexibility index (Phi) is 5.55. The third-order valence-corrected chi connectivity index (χ3v) is 5.30. The molecule has 0 saturated carbocycles. The van der Waals surface area contributed by atoms with Gasteiger partial charge in [0.2, 0.25) is 11.1 Å². The third kappa shape index (κ3) is 4.33. The first-order valence-corrected chi connectivity index (χ1v) is 9.33. The maximum absolute atomic E-state index is 13.7. The van der Waals surface area contributed by atoms with Crippen LogP contribution in [0, 0.1) is 26.6 Å². The lowest BCUT2D eigenvalue weighted by Crippen LogP contribution is -2.23. The first-order chi connectivity index (χ1) is 12.8. The number of tetrazole rings is 1. The summed E-state index contributed by atoms with van der Waals surface area (Å²) in [7, 11) is 0. The number of hydrogen-bond donors (Lipinski definition) is 1. The minimum atomic E-state index is -0.467. The monoisotopic (exact) mass is 385 g/mol. The smallest absolute Gasteiger partial charge is 0.237 e. The van der Waals surface area contributed by atoms with Gasteiger partial charge in [-0.3, -0.25) is 4.79 Å². The van der Waals surface area contributed by atoms with Gasteiger partial charge in [0.25, 0.3) is 0 Å². The normalized spacial score (nSPS) is 12.0. The van der Waals surface area contributed by atoms with E-state index in [0.29, 0.717) is 16.4 Å². The molecule has 0 bridgehead atoms. The zero-order valence-corrected chi connectivity index (χ0v) is 16.3. The summed E-state index contributed by atoms with van der Waals surface area (Å²) < 4.78 is 15.3. The summed E-state index contributed by atoms with van der Waals surface area (Å²) in [5.41, 5.74) is 4.09. The van der Waals surface area contributed by atoms with Crippen molar-refractivity contribution in [2.45, 2.75) is 38.1 Å². The van der Waals surface area contributed by atoms with Crippen molar-refractivity contribution in [3.63, 3.8) is 0 Å². The first kappa shape index (κ1) is 19.0. The van der Waals surface area contributed by atoms with E-state index < -0.39 is 5.25 Å². The molecule has 0 saturated heterocycles. The van der Waals surface area contributed by atoms with E-state index >= 15 is 0 Å². The predicted molar refractivity (Wildman–Crippen MR) is 104 cm³/mol. The highest BCUT2D eigenvalue weighted by Gasteiger charge is 2.20. The van der Waals surface area contributed by atoms with E-state index in [1.165, 1.54) is 23.4 Å². The number of hydrogen-bond acceptors (Lipinski definition) is 5. The number of halogens is 1. The Labute approximate surface area is 161 Å². The van der Waals surface area contributed by atoms with Crippen LogP contribution in [0.1, 0.15) is 23.6 Å². The highest BCUT2D eigenvalue weighted by atomic mass is 32.2. The second-order valence-corrected chi connectivity index (χ2v) is 7.66. The van der Waals surface area contributed by atoms with E-state index in [2.05, 4.69) is 20.8 Å². The van der Waals surface area contributed by atoms with Crippen LogP contribution in [-0.2, 0) is 4.79 Å². The van der Waals surface area contributed by atoms with Crippen molar-refractivity contribution in [1.29, 1.82) is 0 Å². The number of aryl methyl sites for hydroxylation is 3. The van der Waals surface area contributed by atoms with Crippen molar-refractivity contribution >= 4 is 23.4 Å². The summed E-state index contributed by atoms with van der Waals surface area (Å²) in [4.78, 5) is 12.4. The van der Waals surface area contributed by atoms with E-state index in [-0.39, 0.29) is 11.7 Å². The van der Waals surface area contributed by atoms with Crippen LogP contribution in [0.5, 0.6) is 0 Å². The molecule has 3 rings (SSSR count). The van der Waals surface area contributed by atoms with Crippen molar-refractivity contribution < 1.29 is 9.18 Å². The molecule has 27 heavy (non-hydrogen) atoms. The number of carbonyl (C=O) groups is 1. The van der Waals surface area contributed by atoms with E-state index in [4.69, 9.17) is 0 Å². The molecule has 0 radical (unpaired) electrons. The highest BCUT2D eigenvalue weighted by Crippen LogP contribution is 2.25. The Morgan fingerprint density at radius 2 is 1.85 bits per heavy atom. The average Bonchev–Trinajstić information content (AvgIpc) is 3.08. The van der Waals surface area contributed by atoms with Crippen LogP contribution in [0.15, 0.2) is 41.6 Å². The number of nitrogens with one attached hydrogen (secondary N) is 1. The molecule has 0 aliphatic carbocycles. The van der Waals surface area contributed by atoms with Crippen LogP contribution < -0.4 is 5.32 Å². The molecule has 0 aliphatic rings. The van der Waals surface area contributed by atoms with Gasteiger partial charge in [0.1, 0.15) is 5.82 Å². The van der Waals surface area contributed by atoms with Crippen molar-refractivity contribution in [2.24, 2.45) is 0 Å². The predicted octanol–water partition coefficient (Wildman–Crippen LogP) is 3.85. The molecular formula is C19H20FN5OS. The number of thioether (sulfide) groups is 1. The van der Waals surface area contributed by atoms with Gasteiger partial charge in [0, 0.05) is 5.69 Å². The number of aromatic nitrogens is 4. The molecule has 1 atom stereocenters. The van der Waals surface area contributed by atoms with Gasteiger partial charge < -0.3 is 5.32 Å². The van der Waals surface area contributed by atoms with Crippen molar-refractivity contribution in [3.05, 3.63) is 58.9 Å². The van der Waals surface area contributed by atoms with Gasteiger partial charge in [0.05, 0.1) is 10.9 Å². The molecule has 1 aromatic heterocycles. The molecule has 8 heteroatoms. The summed E-state index contributed by atoms with van der Waals surface area (Å²) in [5, 5.41) is 14.5. The largest absolute Gasteiger partial charge is 0.325 e. The van der Waals surface area contributed by atoms with Gasteiger partial charge in [0.15, 0.2) is 0 Å². The molecular weight excluding hydrogens is 365 g/mol. The SMILES string of the molecule is Cc1ccc(-n2nnnc2S[C@@H](C)C(=O)Nc2ccc(C)c(F)c2)cc1C. The number of benzene rings is 2. The zero-order valence-electron chi connectivity index (χ0n) is 15.5. The highest BCUT2D eigenvalue weighted by molar-refractivity contribution is 8.00. The van der Waals surface area contributed by atoms with Crippen molar-refractivity contribution in [1.82, 2.24) is 20.2 Å². The molecule has 0 unspecified atom stereocenters. The maximum atomic E-state index is 13.7. The average molecular weight is 385 g/mol. The van der Waals surface area contributed by atoms with Crippen LogP contribution in [0.3, 0.4) is 0 Å². The molecule has 0 fully saturated rings. The van der Waals surface area contributed by atoms with E-state index in [0.717, 1.165) is 11.3 Å². The third-order valence-electron chi connectivity index (χ3n) is 4.27. The summed E-state index contributed by atoms with van der Waals surface area (Å²) in [6, 6.07) is 10.5. The fraction of sp³-hybridized carbons (Fsp3) is 0.263. The number of amides is 1. The Morgan fingerprint density at radius 1 is 1.11 bits per heavy atom. The topological polar surface area (TPSA) is 72.7 Å². The summed E-state index contributed by atoms with van der Waals surface area (Å²) >= 11 is 1.24. The molecule has 1 amide bonds. The molecule has 1 heterocycles. The van der Waals surface area contributed by atoms with Gasteiger partial charge in [-0.05, 0) is 79.1 Å². The second-order valence-electron chi connectivity index (χ2n) is 6.36. The van der Waals surface area contributed by atoms with E-state index in [9.17, 15) is 9.18 Å². The zero-order chi connectivity index (χ0) is 19.6. The second kappa shape index (κ2) is 7.87. The van der Waals surface area contributed by atoms with Gasteiger partial charge in [-0.1, -0.05) is 23.9 Å². The standard InChI is InChI=1S/C19H20FN5OS/c1-11-6-8-16(9-13(11)3)25-19(22-23-24-25)27-14(4)18(26)21-15-7-5-12(2)17(20)10-15/h5-10,14H,1-4H3,(H,21,26)/t14-/m0/s1. The fourth-order valence-electron chi connectivity index (χ4n) is 2.40. The molecule has 1 N–H and O–H groups in total. The van der Waals surface area contributed by atoms with Crippen LogP contribution in [0.25, 0.3) is 5.69 Å². The minimum absolute atomic E-state index is 0.252. The summed E-state index contributed by atoms with van der Waals surface area (Å²) in [6.45, 7) is 7.48. The van der Waals surface area contributed by atoms with Crippen molar-refractivity contribution in [2.75, 3.05) is 5.32 Å². The van der Waals surface area contributed by atoms with E-state index in [1.54, 1.807) is 30.7 Å². The number of anilines is 1. The number of nitrogens with zero attached hydrogens (tertiary/aromatic N) is 4. The van der Waals surface area contributed by atoms with Gasteiger partial charge in [-0.15, -0.1) is 5.10 Å². The Morgan fingerprint density at radius 3 is 2.56 bits per heavy atom. The number of rotatable bonds is 5. The minimum Gasteiger partial charge on any atom is -0.325 e. The van der Waals surface area contributed by atoms with Gasteiger partial charge in [-0.25, -0.2) is 4.39 Å². The van der Waals surface area contributed by atoms with Crippen molar-refractivity contribution in [3.8, 4) is 5.69 Å². The summed E-state index contributed by atoms with van der Waals surface area (Å²) in [6.07, 6.45) is 0. The van der Waals surface area contributed by atoms with Crippen LogP contribution in [-0.4, -0.2) is 31.4 Å². The molecule has 0 aliphatic heterocycles. The van der Waals surface area contributed by atoms with Crippen LogP contribution in [0.2, 0.25) is 0 Å². The maximum Gasteiger partial charge on any atom is 0.237 e. The molecule has 3 aromatic rings. The van der Waals surface area contributed by atoms with Crippen LogP contribution >= 0.6 is 11.8 Å². The van der Waals surface area contributed by atoms with E-state index in [1.807, 2.05) is 32.0 Å². The Bertz CT molecular complexity index is 988. The molecule has 2 aromatic carbocycles. The first-order valence-electron chi connectivity index (χ1n) is 8.45. The lowest BCUT2D eigenvalue weighted by atomic mass is 10.1.